The third-order valence-electron chi connectivity index (χ3n) is 2.71. The molecule has 2 aromatic rings. The van der Waals surface area contributed by atoms with Crippen LogP contribution in [0.1, 0.15) is 11.1 Å². The third kappa shape index (κ3) is 2.39. The van der Waals surface area contributed by atoms with Crippen LogP contribution in [0.25, 0.3) is 11.3 Å². The lowest BCUT2D eigenvalue weighted by molar-refractivity contribution is 0.415. The van der Waals surface area contributed by atoms with Crippen molar-refractivity contribution in [1.29, 1.82) is 0 Å². The van der Waals surface area contributed by atoms with E-state index in [1.54, 1.807) is 7.11 Å². The van der Waals surface area contributed by atoms with Gasteiger partial charge in [-0.05, 0) is 43.2 Å². The number of aryl methyl sites for hydroxylation is 2. The van der Waals surface area contributed by atoms with Crippen molar-refractivity contribution in [2.24, 2.45) is 0 Å². The molecule has 0 amide bonds. The van der Waals surface area contributed by atoms with Gasteiger partial charge in [-0.15, -0.1) is 0 Å². The molecule has 0 aliphatic rings. The van der Waals surface area contributed by atoms with Crippen LogP contribution in [0.3, 0.4) is 0 Å². The van der Waals surface area contributed by atoms with Gasteiger partial charge in [0.1, 0.15) is 5.75 Å². The van der Waals surface area contributed by atoms with Gasteiger partial charge in [-0.3, -0.25) is 0 Å². The molecule has 0 radical (unpaired) electrons. The van der Waals surface area contributed by atoms with E-state index in [1.807, 2.05) is 24.4 Å². The first kappa shape index (κ1) is 11.9. The fourth-order valence-electron chi connectivity index (χ4n) is 2.02. The normalized spacial score (nSPS) is 10.3. The lowest BCUT2D eigenvalue weighted by atomic mass is 10.0. The Balaban J connectivity index is 2.70. The van der Waals surface area contributed by atoms with E-state index in [0.717, 1.165) is 21.5 Å². The Morgan fingerprint density at radius 2 is 1.94 bits per heavy atom. The lowest BCUT2D eigenvalue weighted by Gasteiger charge is -2.13. The van der Waals surface area contributed by atoms with Crippen LogP contribution in [-0.4, -0.2) is 12.1 Å². The van der Waals surface area contributed by atoms with E-state index >= 15 is 0 Å². The topological polar surface area (TPSA) is 25.0 Å². The summed E-state index contributed by atoms with van der Waals surface area (Å²) in [7, 11) is 1.69. The first-order valence-electron chi connectivity index (χ1n) is 5.46. The molecule has 1 N–H and O–H groups in total. The fraction of sp³-hybridized carbons (Fsp3) is 0.214. The Morgan fingerprint density at radius 1 is 1.18 bits per heavy atom. The number of hydrogen-bond acceptors (Lipinski definition) is 2. The van der Waals surface area contributed by atoms with Gasteiger partial charge in [0.25, 0.3) is 0 Å². The Kier molecular flexibility index (Phi) is 3.29. The quantitative estimate of drug-likeness (QED) is 0.808. The van der Waals surface area contributed by atoms with Crippen molar-refractivity contribution in [2.75, 3.05) is 7.11 Å². The number of hydrogen-bond donors (Lipinski definition) is 1. The van der Waals surface area contributed by atoms with E-state index in [2.05, 4.69) is 24.9 Å². The maximum Gasteiger partial charge on any atom is 0.128 e. The van der Waals surface area contributed by atoms with Gasteiger partial charge in [0.2, 0.25) is 0 Å². The van der Waals surface area contributed by atoms with E-state index in [4.69, 9.17) is 17.0 Å². The van der Waals surface area contributed by atoms with Gasteiger partial charge in [-0.1, -0.05) is 18.3 Å². The number of H-pyrrole nitrogens is 1. The number of pyridine rings is 1. The van der Waals surface area contributed by atoms with Crippen molar-refractivity contribution in [3.8, 4) is 17.0 Å². The minimum absolute atomic E-state index is 0.820. The molecule has 0 saturated carbocycles. The minimum Gasteiger partial charge on any atom is -0.496 e. The smallest absolute Gasteiger partial charge is 0.128 e. The second-order valence-corrected chi connectivity index (χ2v) is 4.57. The average molecular weight is 245 g/mol. The molecule has 0 saturated heterocycles. The molecule has 2 rings (SSSR count). The van der Waals surface area contributed by atoms with Gasteiger partial charge in [0.15, 0.2) is 0 Å². The summed E-state index contributed by atoms with van der Waals surface area (Å²) in [6.45, 7) is 4.14. The number of aromatic amines is 1. The molecule has 1 aromatic heterocycles. The average Bonchev–Trinajstić information content (AvgIpc) is 2.27. The van der Waals surface area contributed by atoms with E-state index in [-0.39, 0.29) is 0 Å². The van der Waals surface area contributed by atoms with Crippen LogP contribution >= 0.6 is 12.2 Å². The van der Waals surface area contributed by atoms with Crippen molar-refractivity contribution >= 4 is 12.2 Å². The van der Waals surface area contributed by atoms with Gasteiger partial charge >= 0.3 is 0 Å². The van der Waals surface area contributed by atoms with E-state index < -0.39 is 0 Å². The Labute approximate surface area is 106 Å². The van der Waals surface area contributed by atoms with Crippen LogP contribution in [0.5, 0.6) is 5.75 Å². The molecule has 0 fully saturated rings. The van der Waals surface area contributed by atoms with Crippen LogP contribution in [0.2, 0.25) is 0 Å². The zero-order valence-electron chi connectivity index (χ0n) is 10.2. The summed E-state index contributed by atoms with van der Waals surface area (Å²) in [5.74, 6) is 0.874. The molecule has 1 heterocycles. The zero-order chi connectivity index (χ0) is 12.4. The molecule has 0 spiro atoms. The summed E-state index contributed by atoms with van der Waals surface area (Å²) in [5, 5.41) is 0. The molecule has 1 aromatic carbocycles. The Morgan fingerprint density at radius 3 is 2.59 bits per heavy atom. The summed E-state index contributed by atoms with van der Waals surface area (Å²) in [4.78, 5) is 3.21. The van der Waals surface area contributed by atoms with Gasteiger partial charge in [0, 0.05) is 16.3 Å². The molecule has 0 unspecified atom stereocenters. The molecule has 0 aliphatic heterocycles. The number of rotatable bonds is 2. The predicted molar refractivity (Wildman–Crippen MR) is 73.1 cm³/mol. The molecule has 0 atom stereocenters. The second kappa shape index (κ2) is 4.72. The zero-order valence-corrected chi connectivity index (χ0v) is 11.0. The van der Waals surface area contributed by atoms with Crippen LogP contribution in [-0.2, 0) is 0 Å². The summed E-state index contributed by atoms with van der Waals surface area (Å²) in [6, 6.07) is 8.00. The number of ether oxygens (including phenoxy) is 1. The number of nitrogens with one attached hydrogen (secondary N) is 1. The summed E-state index contributed by atoms with van der Waals surface area (Å²) in [5.41, 5.74) is 4.44. The van der Waals surface area contributed by atoms with E-state index in [1.165, 1.54) is 11.1 Å². The van der Waals surface area contributed by atoms with Crippen LogP contribution in [0, 0.1) is 18.4 Å². The fourth-order valence-corrected chi connectivity index (χ4v) is 2.21. The summed E-state index contributed by atoms with van der Waals surface area (Å²) >= 11 is 5.19. The number of methoxy groups -OCH3 is 1. The van der Waals surface area contributed by atoms with Crippen LogP contribution in [0.4, 0.5) is 0 Å². The van der Waals surface area contributed by atoms with Crippen molar-refractivity contribution in [1.82, 2.24) is 4.98 Å². The first-order chi connectivity index (χ1) is 8.11. The highest BCUT2D eigenvalue weighted by molar-refractivity contribution is 7.71. The maximum atomic E-state index is 5.45. The van der Waals surface area contributed by atoms with E-state index in [9.17, 15) is 0 Å². The lowest BCUT2D eigenvalue weighted by Crippen LogP contribution is -1.94. The molecule has 3 heteroatoms. The largest absolute Gasteiger partial charge is 0.496 e. The SMILES string of the molecule is COc1cc(C)cc(C)c1-c1cc(=S)cc[nH]1. The second-order valence-electron chi connectivity index (χ2n) is 4.10. The first-order valence-corrected chi connectivity index (χ1v) is 5.87. The summed E-state index contributed by atoms with van der Waals surface area (Å²) in [6.07, 6.45) is 1.86. The standard InChI is InChI=1S/C14H15NOS/c1-9-6-10(2)14(13(7-9)16-3)12-8-11(17)4-5-15-12/h4-8H,1-3H3,(H,15,17). The highest BCUT2D eigenvalue weighted by Gasteiger charge is 2.10. The molecule has 88 valence electrons. The van der Waals surface area contributed by atoms with Crippen LogP contribution < -0.4 is 4.74 Å². The maximum absolute atomic E-state index is 5.45. The highest BCUT2D eigenvalue weighted by Crippen LogP contribution is 2.32. The third-order valence-corrected chi connectivity index (χ3v) is 2.96. The molecule has 0 aliphatic carbocycles. The van der Waals surface area contributed by atoms with E-state index in [0.29, 0.717) is 0 Å². The molecular weight excluding hydrogens is 230 g/mol. The van der Waals surface area contributed by atoms with Gasteiger partial charge < -0.3 is 9.72 Å². The van der Waals surface area contributed by atoms with Gasteiger partial charge in [-0.2, -0.15) is 0 Å². The van der Waals surface area contributed by atoms with Gasteiger partial charge in [0.05, 0.1) is 12.8 Å². The van der Waals surface area contributed by atoms with Crippen molar-refractivity contribution in [3.63, 3.8) is 0 Å². The number of benzene rings is 1. The predicted octanol–water partition coefficient (Wildman–Crippen LogP) is 4.04. The number of aromatic nitrogens is 1. The summed E-state index contributed by atoms with van der Waals surface area (Å²) < 4.78 is 6.27. The molecule has 0 bridgehead atoms. The minimum atomic E-state index is 0.820. The van der Waals surface area contributed by atoms with Crippen molar-refractivity contribution in [2.45, 2.75) is 13.8 Å². The monoisotopic (exact) mass is 245 g/mol. The van der Waals surface area contributed by atoms with Crippen molar-refractivity contribution in [3.05, 3.63) is 46.1 Å². The van der Waals surface area contributed by atoms with Crippen molar-refractivity contribution < 1.29 is 4.74 Å². The Hall–Kier alpha value is -1.61. The highest BCUT2D eigenvalue weighted by atomic mass is 32.1. The molecular formula is C14H15NOS. The Bertz CT molecular complexity index is 601. The molecule has 17 heavy (non-hydrogen) atoms. The molecule has 2 nitrogen and oxygen atoms in total. The van der Waals surface area contributed by atoms with Gasteiger partial charge in [-0.25, -0.2) is 0 Å². The van der Waals surface area contributed by atoms with Crippen LogP contribution in [0.15, 0.2) is 30.5 Å².